The van der Waals surface area contributed by atoms with Crippen LogP contribution in [-0.4, -0.2) is 27.6 Å². The Morgan fingerprint density at radius 3 is 2.76 bits per heavy atom. The maximum atomic E-state index is 13.5. The molecule has 1 aromatic rings. The molecule has 1 aromatic carbocycles. The second-order valence-electron chi connectivity index (χ2n) is 3.73. The van der Waals surface area contributed by atoms with E-state index >= 15 is 0 Å². The second-order valence-corrected chi connectivity index (χ2v) is 3.73. The van der Waals surface area contributed by atoms with Crippen LogP contribution < -0.4 is 0 Å². The van der Waals surface area contributed by atoms with Gasteiger partial charge >= 0.3 is 6.09 Å². The number of hydrogen-bond acceptors (Lipinski definition) is 3. The van der Waals surface area contributed by atoms with E-state index in [1.165, 1.54) is 0 Å². The Morgan fingerprint density at radius 2 is 2.18 bits per heavy atom. The van der Waals surface area contributed by atoms with Gasteiger partial charge in [0.25, 0.3) is 5.69 Å². The lowest BCUT2D eigenvalue weighted by molar-refractivity contribution is -0.385. The second kappa shape index (κ2) is 4.00. The summed E-state index contributed by atoms with van der Waals surface area (Å²) in [4.78, 5) is 22.0. The van der Waals surface area contributed by atoms with Gasteiger partial charge in [0.2, 0.25) is 0 Å². The van der Waals surface area contributed by atoms with Crippen molar-refractivity contribution in [2.45, 2.75) is 13.0 Å². The molecule has 1 aliphatic rings. The van der Waals surface area contributed by atoms with E-state index < -0.39 is 16.8 Å². The lowest BCUT2D eigenvalue weighted by Crippen LogP contribution is -2.35. The number of rotatable bonds is 1. The molecule has 0 saturated heterocycles. The van der Waals surface area contributed by atoms with Crippen LogP contribution in [0.4, 0.5) is 14.9 Å². The topological polar surface area (TPSA) is 83.7 Å². The summed E-state index contributed by atoms with van der Waals surface area (Å²) in [5.74, 6) is -0.600. The van der Waals surface area contributed by atoms with Crippen LogP contribution in [0.1, 0.15) is 11.1 Å². The molecule has 0 atom stereocenters. The van der Waals surface area contributed by atoms with Gasteiger partial charge in [0.1, 0.15) is 5.82 Å². The highest BCUT2D eigenvalue weighted by atomic mass is 19.1. The van der Waals surface area contributed by atoms with Crippen LogP contribution in [0.2, 0.25) is 0 Å². The van der Waals surface area contributed by atoms with Gasteiger partial charge in [-0.2, -0.15) is 0 Å². The predicted molar refractivity (Wildman–Crippen MR) is 55.2 cm³/mol. The molecule has 0 radical (unpaired) electrons. The van der Waals surface area contributed by atoms with Gasteiger partial charge in [0.15, 0.2) is 0 Å². The average molecular weight is 240 g/mol. The van der Waals surface area contributed by atoms with Crippen molar-refractivity contribution < 1.29 is 19.2 Å². The van der Waals surface area contributed by atoms with Crippen LogP contribution in [0, 0.1) is 15.9 Å². The Morgan fingerprint density at radius 1 is 1.47 bits per heavy atom. The third kappa shape index (κ3) is 1.91. The molecule has 1 aliphatic heterocycles. The van der Waals surface area contributed by atoms with E-state index in [4.69, 9.17) is 5.11 Å². The molecule has 7 heteroatoms. The van der Waals surface area contributed by atoms with Crippen molar-refractivity contribution >= 4 is 11.8 Å². The van der Waals surface area contributed by atoms with E-state index in [2.05, 4.69) is 0 Å². The fourth-order valence-electron chi connectivity index (χ4n) is 1.95. The summed E-state index contributed by atoms with van der Waals surface area (Å²) in [6.45, 7) is 0.00477. The summed E-state index contributed by atoms with van der Waals surface area (Å²) in [7, 11) is 0. The molecule has 2 rings (SSSR count). The smallest absolute Gasteiger partial charge is 0.407 e. The number of nitro benzene ring substituents is 1. The van der Waals surface area contributed by atoms with Crippen molar-refractivity contribution in [2.24, 2.45) is 0 Å². The van der Waals surface area contributed by atoms with E-state index in [-0.39, 0.29) is 30.8 Å². The van der Waals surface area contributed by atoms with E-state index in [0.717, 1.165) is 17.0 Å². The Labute approximate surface area is 95.4 Å². The molecule has 1 amide bonds. The van der Waals surface area contributed by atoms with E-state index in [1.54, 1.807) is 0 Å². The molecular formula is C10H9FN2O4. The lowest BCUT2D eigenvalue weighted by atomic mass is 9.97. The van der Waals surface area contributed by atoms with Crippen molar-refractivity contribution in [3.63, 3.8) is 0 Å². The maximum Gasteiger partial charge on any atom is 0.407 e. The SMILES string of the molecule is O=C(O)N1CCc2c([N+](=O)[O-])ccc(F)c2C1. The first-order chi connectivity index (χ1) is 8.00. The number of amides is 1. The van der Waals surface area contributed by atoms with Gasteiger partial charge in [-0.15, -0.1) is 0 Å². The van der Waals surface area contributed by atoms with Crippen LogP contribution in [0.25, 0.3) is 0 Å². The standard InChI is InChI=1S/C10H9FN2O4/c11-8-1-2-9(13(16)17)6-3-4-12(10(14)15)5-7(6)8/h1-2H,3-5H2,(H,14,15). The molecule has 0 aromatic heterocycles. The molecule has 0 fully saturated rings. The summed E-state index contributed by atoms with van der Waals surface area (Å²) in [6.07, 6.45) is -0.989. The number of nitro groups is 1. The van der Waals surface area contributed by atoms with Gasteiger partial charge in [-0.05, 0) is 12.5 Å². The molecule has 6 nitrogen and oxygen atoms in total. The summed E-state index contributed by atoms with van der Waals surface area (Å²) < 4.78 is 13.5. The van der Waals surface area contributed by atoms with Crippen molar-refractivity contribution in [3.05, 3.63) is 39.2 Å². The van der Waals surface area contributed by atoms with Crippen LogP contribution in [-0.2, 0) is 13.0 Å². The number of fused-ring (bicyclic) bond motifs is 1. The van der Waals surface area contributed by atoms with E-state index in [1.807, 2.05) is 0 Å². The fourth-order valence-corrected chi connectivity index (χ4v) is 1.95. The Balaban J connectivity index is 2.47. The minimum Gasteiger partial charge on any atom is -0.465 e. The Hall–Kier alpha value is -2.18. The van der Waals surface area contributed by atoms with Gasteiger partial charge < -0.3 is 10.0 Å². The Kier molecular flexibility index (Phi) is 2.66. The monoisotopic (exact) mass is 240 g/mol. The first-order valence-corrected chi connectivity index (χ1v) is 4.93. The third-order valence-corrected chi connectivity index (χ3v) is 2.80. The van der Waals surface area contributed by atoms with Gasteiger partial charge in [0, 0.05) is 23.7 Å². The first-order valence-electron chi connectivity index (χ1n) is 4.93. The zero-order valence-electron chi connectivity index (χ0n) is 8.72. The van der Waals surface area contributed by atoms with Crippen LogP contribution >= 0.6 is 0 Å². The lowest BCUT2D eigenvalue weighted by Gasteiger charge is -2.26. The number of halogens is 1. The molecule has 0 aliphatic carbocycles. The van der Waals surface area contributed by atoms with E-state index in [9.17, 15) is 19.3 Å². The van der Waals surface area contributed by atoms with Gasteiger partial charge in [0.05, 0.1) is 11.5 Å². The minimum atomic E-state index is -1.15. The highest BCUT2D eigenvalue weighted by Gasteiger charge is 2.28. The average Bonchev–Trinajstić information content (AvgIpc) is 2.28. The highest BCUT2D eigenvalue weighted by molar-refractivity contribution is 5.66. The molecule has 1 heterocycles. The zero-order chi connectivity index (χ0) is 12.6. The van der Waals surface area contributed by atoms with Crippen molar-refractivity contribution in [2.75, 3.05) is 6.54 Å². The van der Waals surface area contributed by atoms with Crippen molar-refractivity contribution in [1.82, 2.24) is 4.90 Å². The largest absolute Gasteiger partial charge is 0.465 e. The molecule has 1 N–H and O–H groups in total. The highest BCUT2D eigenvalue weighted by Crippen LogP contribution is 2.29. The molecular weight excluding hydrogens is 231 g/mol. The number of benzene rings is 1. The molecule has 0 bridgehead atoms. The summed E-state index contributed by atoms with van der Waals surface area (Å²) >= 11 is 0. The van der Waals surface area contributed by atoms with Crippen LogP contribution in [0.3, 0.4) is 0 Å². The van der Waals surface area contributed by atoms with Crippen LogP contribution in [0.5, 0.6) is 0 Å². The number of carbonyl (C=O) groups is 1. The minimum absolute atomic E-state index is 0.104. The summed E-state index contributed by atoms with van der Waals surface area (Å²) in [5.41, 5.74) is 0.256. The Bertz CT molecular complexity index is 503. The molecule has 0 unspecified atom stereocenters. The molecule has 0 spiro atoms. The molecule has 90 valence electrons. The van der Waals surface area contributed by atoms with Gasteiger partial charge in [-0.3, -0.25) is 10.1 Å². The number of carboxylic acid groups (broad SMARTS) is 1. The van der Waals surface area contributed by atoms with E-state index in [0.29, 0.717) is 5.56 Å². The van der Waals surface area contributed by atoms with Crippen molar-refractivity contribution in [1.29, 1.82) is 0 Å². The van der Waals surface area contributed by atoms with Crippen molar-refractivity contribution in [3.8, 4) is 0 Å². The van der Waals surface area contributed by atoms with Gasteiger partial charge in [-0.25, -0.2) is 9.18 Å². The number of nitrogens with zero attached hydrogens (tertiary/aromatic N) is 2. The van der Waals surface area contributed by atoms with Gasteiger partial charge in [-0.1, -0.05) is 0 Å². The molecule has 17 heavy (non-hydrogen) atoms. The van der Waals surface area contributed by atoms with Crippen LogP contribution in [0.15, 0.2) is 12.1 Å². The molecule has 0 saturated carbocycles. The summed E-state index contributed by atoms with van der Waals surface area (Å²) in [5, 5.41) is 19.6. The summed E-state index contributed by atoms with van der Waals surface area (Å²) in [6, 6.07) is 2.12. The first kappa shape index (κ1) is 11.3. The normalized spacial score (nSPS) is 14.3. The predicted octanol–water partition coefficient (Wildman–Crippen LogP) is 1.77. The quantitative estimate of drug-likeness (QED) is 0.598. The zero-order valence-corrected chi connectivity index (χ0v) is 8.72. The third-order valence-electron chi connectivity index (χ3n) is 2.80. The number of hydrogen-bond donors (Lipinski definition) is 1. The fraction of sp³-hybridized carbons (Fsp3) is 0.300. The maximum absolute atomic E-state index is 13.5.